The van der Waals surface area contributed by atoms with Crippen LogP contribution >= 0.6 is 0 Å². The molecule has 0 aliphatic rings. The zero-order valence-corrected chi connectivity index (χ0v) is 7.67. The summed E-state index contributed by atoms with van der Waals surface area (Å²) in [7, 11) is 0. The predicted molar refractivity (Wildman–Crippen MR) is 50.9 cm³/mol. The van der Waals surface area contributed by atoms with Gasteiger partial charge in [0.25, 0.3) is 0 Å². The van der Waals surface area contributed by atoms with E-state index in [0.29, 0.717) is 5.56 Å². The number of rotatable bonds is 4. The third kappa shape index (κ3) is 2.70. The average Bonchev–Trinajstić information content (AvgIpc) is 2.20. The van der Waals surface area contributed by atoms with Gasteiger partial charge in [0.1, 0.15) is 11.9 Å². The molecule has 2 unspecified atom stereocenters. The van der Waals surface area contributed by atoms with Gasteiger partial charge in [0, 0.05) is 6.42 Å². The van der Waals surface area contributed by atoms with Gasteiger partial charge >= 0.3 is 0 Å². The van der Waals surface area contributed by atoms with E-state index in [4.69, 9.17) is 10.2 Å². The van der Waals surface area contributed by atoms with Gasteiger partial charge < -0.3 is 20.4 Å². The zero-order chi connectivity index (χ0) is 10.6. The monoisotopic (exact) mass is 198 g/mol. The minimum atomic E-state index is -1.17. The zero-order valence-electron chi connectivity index (χ0n) is 7.67. The molecule has 0 aromatic heterocycles. The standard InChI is InChI=1S/C10H14O4/c11-6-10(14)9(13)5-7-3-1-2-4-8(7)12/h1-4,9-14H,5-6H2. The summed E-state index contributed by atoms with van der Waals surface area (Å²) in [6.07, 6.45) is -2.11. The van der Waals surface area contributed by atoms with E-state index in [0.717, 1.165) is 0 Å². The Kier molecular flexibility index (Phi) is 3.88. The SMILES string of the molecule is OCC(O)C(O)Cc1ccccc1O. The van der Waals surface area contributed by atoms with Crippen LogP contribution in [0.15, 0.2) is 24.3 Å². The highest BCUT2D eigenvalue weighted by Gasteiger charge is 2.16. The Morgan fingerprint density at radius 3 is 2.29 bits per heavy atom. The van der Waals surface area contributed by atoms with E-state index < -0.39 is 18.8 Å². The molecule has 2 atom stereocenters. The topological polar surface area (TPSA) is 80.9 Å². The van der Waals surface area contributed by atoms with Crippen LogP contribution in [0.1, 0.15) is 5.56 Å². The predicted octanol–water partition coefficient (Wildman–Crippen LogP) is -0.351. The van der Waals surface area contributed by atoms with Crippen molar-refractivity contribution in [1.29, 1.82) is 0 Å². The summed E-state index contributed by atoms with van der Waals surface area (Å²) in [6.45, 7) is -0.491. The molecule has 1 aromatic rings. The van der Waals surface area contributed by atoms with E-state index in [1.807, 2.05) is 0 Å². The van der Waals surface area contributed by atoms with Gasteiger partial charge in [0.2, 0.25) is 0 Å². The van der Waals surface area contributed by atoms with Crippen molar-refractivity contribution in [3.8, 4) is 5.75 Å². The van der Waals surface area contributed by atoms with E-state index in [1.54, 1.807) is 18.2 Å². The summed E-state index contributed by atoms with van der Waals surface area (Å²) in [5.74, 6) is 0.0803. The molecule has 0 saturated heterocycles. The summed E-state index contributed by atoms with van der Waals surface area (Å²) in [5.41, 5.74) is 0.549. The lowest BCUT2D eigenvalue weighted by Crippen LogP contribution is -2.31. The Morgan fingerprint density at radius 1 is 1.07 bits per heavy atom. The highest BCUT2D eigenvalue weighted by Crippen LogP contribution is 2.18. The van der Waals surface area contributed by atoms with Gasteiger partial charge in [-0.1, -0.05) is 18.2 Å². The number of benzene rings is 1. The molecule has 4 heteroatoms. The minimum Gasteiger partial charge on any atom is -0.508 e. The second kappa shape index (κ2) is 4.95. The summed E-state index contributed by atoms with van der Waals surface area (Å²) in [4.78, 5) is 0. The summed E-state index contributed by atoms with van der Waals surface area (Å²) in [5, 5.41) is 36.4. The number of aliphatic hydroxyl groups excluding tert-OH is 3. The van der Waals surface area contributed by atoms with E-state index >= 15 is 0 Å². The van der Waals surface area contributed by atoms with Crippen molar-refractivity contribution in [2.45, 2.75) is 18.6 Å². The van der Waals surface area contributed by atoms with Crippen LogP contribution in [-0.4, -0.2) is 39.2 Å². The second-order valence-electron chi connectivity index (χ2n) is 3.15. The van der Waals surface area contributed by atoms with Crippen molar-refractivity contribution in [3.63, 3.8) is 0 Å². The van der Waals surface area contributed by atoms with Crippen molar-refractivity contribution < 1.29 is 20.4 Å². The van der Waals surface area contributed by atoms with Gasteiger partial charge in [-0.05, 0) is 11.6 Å². The van der Waals surface area contributed by atoms with Gasteiger partial charge in [-0.2, -0.15) is 0 Å². The Balaban J connectivity index is 2.64. The molecule has 1 aromatic carbocycles. The van der Waals surface area contributed by atoms with Crippen LogP contribution in [0, 0.1) is 0 Å². The maximum Gasteiger partial charge on any atom is 0.118 e. The van der Waals surface area contributed by atoms with E-state index in [-0.39, 0.29) is 12.2 Å². The van der Waals surface area contributed by atoms with Gasteiger partial charge in [0.15, 0.2) is 0 Å². The number of hydrogen-bond donors (Lipinski definition) is 4. The van der Waals surface area contributed by atoms with Crippen LogP contribution in [-0.2, 0) is 6.42 Å². The Bertz CT molecular complexity index is 287. The normalized spacial score (nSPS) is 15.1. The molecule has 4 N–H and O–H groups in total. The van der Waals surface area contributed by atoms with Gasteiger partial charge in [-0.15, -0.1) is 0 Å². The lowest BCUT2D eigenvalue weighted by molar-refractivity contribution is -0.0134. The highest BCUT2D eigenvalue weighted by atomic mass is 16.4. The average molecular weight is 198 g/mol. The number of phenolic OH excluding ortho intramolecular Hbond substituents is 1. The lowest BCUT2D eigenvalue weighted by atomic mass is 10.0. The molecule has 0 aliphatic heterocycles. The first kappa shape index (κ1) is 11.0. The second-order valence-corrected chi connectivity index (χ2v) is 3.15. The first-order valence-corrected chi connectivity index (χ1v) is 4.39. The quantitative estimate of drug-likeness (QED) is 0.533. The van der Waals surface area contributed by atoms with Crippen LogP contribution in [0.5, 0.6) is 5.75 Å². The molecule has 0 heterocycles. The summed E-state index contributed by atoms with van der Waals surface area (Å²) < 4.78 is 0. The van der Waals surface area contributed by atoms with E-state index in [2.05, 4.69) is 0 Å². The molecule has 0 saturated carbocycles. The minimum absolute atomic E-state index is 0.0803. The van der Waals surface area contributed by atoms with Crippen molar-refractivity contribution in [1.82, 2.24) is 0 Å². The Morgan fingerprint density at radius 2 is 1.71 bits per heavy atom. The van der Waals surface area contributed by atoms with E-state index in [1.165, 1.54) is 6.07 Å². The summed E-state index contributed by atoms with van der Waals surface area (Å²) in [6, 6.07) is 6.57. The summed E-state index contributed by atoms with van der Waals surface area (Å²) >= 11 is 0. The fourth-order valence-corrected chi connectivity index (χ4v) is 1.17. The largest absolute Gasteiger partial charge is 0.508 e. The van der Waals surface area contributed by atoms with Crippen LogP contribution < -0.4 is 0 Å². The number of hydrogen-bond acceptors (Lipinski definition) is 4. The van der Waals surface area contributed by atoms with Crippen molar-refractivity contribution in [2.75, 3.05) is 6.61 Å². The van der Waals surface area contributed by atoms with Gasteiger partial charge in [-0.25, -0.2) is 0 Å². The molecule has 0 amide bonds. The Hall–Kier alpha value is -1.10. The molecule has 78 valence electrons. The molecule has 0 aliphatic carbocycles. The van der Waals surface area contributed by atoms with Gasteiger partial charge in [0.05, 0.1) is 12.7 Å². The number of aromatic hydroxyl groups is 1. The molecule has 14 heavy (non-hydrogen) atoms. The molecule has 4 nitrogen and oxygen atoms in total. The third-order valence-corrected chi connectivity index (χ3v) is 2.05. The molecule has 0 spiro atoms. The smallest absolute Gasteiger partial charge is 0.118 e. The van der Waals surface area contributed by atoms with Crippen molar-refractivity contribution >= 4 is 0 Å². The fraction of sp³-hybridized carbons (Fsp3) is 0.400. The van der Waals surface area contributed by atoms with Gasteiger partial charge in [-0.3, -0.25) is 0 Å². The molecular weight excluding hydrogens is 184 g/mol. The maximum atomic E-state index is 9.37. The first-order chi connectivity index (χ1) is 6.65. The molecular formula is C10H14O4. The number of para-hydroxylation sites is 1. The van der Waals surface area contributed by atoms with Crippen LogP contribution in [0.4, 0.5) is 0 Å². The van der Waals surface area contributed by atoms with Crippen LogP contribution in [0.2, 0.25) is 0 Å². The lowest BCUT2D eigenvalue weighted by Gasteiger charge is -2.15. The molecule has 0 bridgehead atoms. The molecule has 0 fully saturated rings. The highest BCUT2D eigenvalue weighted by molar-refractivity contribution is 5.32. The van der Waals surface area contributed by atoms with Crippen LogP contribution in [0.3, 0.4) is 0 Å². The fourth-order valence-electron chi connectivity index (χ4n) is 1.17. The maximum absolute atomic E-state index is 9.37. The number of phenols is 1. The molecule has 0 radical (unpaired) electrons. The third-order valence-electron chi connectivity index (χ3n) is 2.05. The van der Waals surface area contributed by atoms with Crippen molar-refractivity contribution in [2.24, 2.45) is 0 Å². The first-order valence-electron chi connectivity index (χ1n) is 4.39. The molecule has 1 rings (SSSR count). The number of aliphatic hydroxyl groups is 3. The Labute approximate surface area is 82.1 Å². The van der Waals surface area contributed by atoms with Crippen LogP contribution in [0.25, 0.3) is 0 Å². The van der Waals surface area contributed by atoms with Crippen molar-refractivity contribution in [3.05, 3.63) is 29.8 Å². The van der Waals surface area contributed by atoms with E-state index in [9.17, 15) is 10.2 Å².